The van der Waals surface area contributed by atoms with Gasteiger partial charge >= 0.3 is 0 Å². The third-order valence-electron chi connectivity index (χ3n) is 4.46. The van der Waals surface area contributed by atoms with E-state index in [1.807, 2.05) is 0 Å². The molecule has 0 aliphatic rings. The van der Waals surface area contributed by atoms with Crippen molar-refractivity contribution >= 4 is 5.91 Å². The molecule has 1 amide bonds. The summed E-state index contributed by atoms with van der Waals surface area (Å²) in [7, 11) is 0. The zero-order chi connectivity index (χ0) is 17.5. The molecule has 1 rings (SSSR count). The van der Waals surface area contributed by atoms with E-state index in [4.69, 9.17) is 0 Å². The summed E-state index contributed by atoms with van der Waals surface area (Å²) in [6.45, 7) is 2.95. The molecule has 0 aliphatic carbocycles. The van der Waals surface area contributed by atoms with Gasteiger partial charge in [-0.3, -0.25) is 4.79 Å². The smallest absolute Gasteiger partial charge is 0.255 e. The number of phenols is 1. The Kier molecular flexibility index (Phi) is 11.9. The van der Waals surface area contributed by atoms with Crippen LogP contribution in [0.5, 0.6) is 5.75 Å². The quantitative estimate of drug-likeness (QED) is 0.421. The maximum Gasteiger partial charge on any atom is 0.255 e. The van der Waals surface area contributed by atoms with Gasteiger partial charge in [0.25, 0.3) is 5.91 Å². The van der Waals surface area contributed by atoms with Crippen LogP contribution in [0, 0.1) is 0 Å². The van der Waals surface area contributed by atoms with Crippen molar-refractivity contribution in [2.24, 2.45) is 0 Å². The summed E-state index contributed by atoms with van der Waals surface area (Å²) in [6, 6.07) is 6.67. The number of hydrogen-bond acceptors (Lipinski definition) is 2. The normalized spacial score (nSPS) is 10.7. The van der Waals surface area contributed by atoms with Gasteiger partial charge in [0.15, 0.2) is 0 Å². The second-order valence-electron chi connectivity index (χ2n) is 6.66. The molecule has 0 unspecified atom stereocenters. The molecule has 0 saturated carbocycles. The van der Waals surface area contributed by atoms with Crippen molar-refractivity contribution in [2.45, 2.75) is 84.0 Å². The molecule has 0 heterocycles. The summed E-state index contributed by atoms with van der Waals surface area (Å²) in [5.41, 5.74) is 0.358. The van der Waals surface area contributed by atoms with Crippen LogP contribution in [0.3, 0.4) is 0 Å². The van der Waals surface area contributed by atoms with Crippen molar-refractivity contribution in [3.8, 4) is 5.75 Å². The van der Waals surface area contributed by atoms with Crippen LogP contribution in [-0.4, -0.2) is 17.6 Å². The van der Waals surface area contributed by atoms with E-state index in [-0.39, 0.29) is 11.7 Å². The molecule has 0 aromatic heterocycles. The van der Waals surface area contributed by atoms with Gasteiger partial charge in [-0.05, 0) is 18.6 Å². The average Bonchev–Trinajstić information content (AvgIpc) is 2.59. The van der Waals surface area contributed by atoms with E-state index >= 15 is 0 Å². The molecule has 2 N–H and O–H groups in total. The number of phenolic OH excluding ortho intramolecular Hbond substituents is 1. The van der Waals surface area contributed by atoms with Crippen LogP contribution in [0.15, 0.2) is 24.3 Å². The lowest BCUT2D eigenvalue weighted by Gasteiger charge is -2.06. The molecule has 1 aromatic rings. The molecule has 0 radical (unpaired) electrons. The standard InChI is InChI=1S/C21H35NO2/c1-2-3-4-5-6-7-8-9-10-11-12-15-18-22-21(24)19-16-13-14-17-20(19)23/h13-14,16-17,23H,2-12,15,18H2,1H3,(H,22,24). The zero-order valence-electron chi connectivity index (χ0n) is 15.4. The molecule has 0 aliphatic heterocycles. The van der Waals surface area contributed by atoms with Crippen molar-refractivity contribution in [3.63, 3.8) is 0 Å². The lowest BCUT2D eigenvalue weighted by molar-refractivity contribution is 0.0950. The van der Waals surface area contributed by atoms with Crippen LogP contribution in [0.1, 0.15) is 94.3 Å². The van der Waals surface area contributed by atoms with E-state index in [1.165, 1.54) is 64.2 Å². The maximum absolute atomic E-state index is 11.9. The fourth-order valence-corrected chi connectivity index (χ4v) is 2.93. The number of carbonyl (C=O) groups excluding carboxylic acids is 1. The third kappa shape index (κ3) is 9.59. The topological polar surface area (TPSA) is 49.3 Å². The zero-order valence-corrected chi connectivity index (χ0v) is 15.4. The minimum Gasteiger partial charge on any atom is -0.507 e. The van der Waals surface area contributed by atoms with Crippen molar-refractivity contribution in [1.82, 2.24) is 5.32 Å². The average molecular weight is 334 g/mol. The lowest BCUT2D eigenvalue weighted by atomic mass is 10.1. The Morgan fingerprint density at radius 2 is 1.33 bits per heavy atom. The molecular weight excluding hydrogens is 298 g/mol. The highest BCUT2D eigenvalue weighted by molar-refractivity contribution is 5.96. The first-order chi connectivity index (χ1) is 11.8. The minimum atomic E-state index is -0.184. The highest BCUT2D eigenvalue weighted by atomic mass is 16.3. The highest BCUT2D eigenvalue weighted by Gasteiger charge is 2.08. The first-order valence-electron chi connectivity index (χ1n) is 9.82. The highest BCUT2D eigenvalue weighted by Crippen LogP contribution is 2.15. The number of para-hydroxylation sites is 1. The number of carbonyl (C=O) groups is 1. The van der Waals surface area contributed by atoms with Crippen molar-refractivity contribution < 1.29 is 9.90 Å². The maximum atomic E-state index is 11.9. The molecule has 0 spiro atoms. The largest absolute Gasteiger partial charge is 0.507 e. The van der Waals surface area contributed by atoms with Crippen LogP contribution >= 0.6 is 0 Å². The van der Waals surface area contributed by atoms with Crippen molar-refractivity contribution in [2.75, 3.05) is 6.54 Å². The van der Waals surface area contributed by atoms with Gasteiger partial charge in [0.2, 0.25) is 0 Å². The number of rotatable bonds is 14. The van der Waals surface area contributed by atoms with Gasteiger partial charge < -0.3 is 10.4 Å². The summed E-state index contributed by atoms with van der Waals surface area (Å²) in [5.74, 6) is -0.138. The lowest BCUT2D eigenvalue weighted by Crippen LogP contribution is -2.24. The molecule has 24 heavy (non-hydrogen) atoms. The molecule has 0 bridgehead atoms. The summed E-state index contributed by atoms with van der Waals surface area (Å²) in [6.07, 6.45) is 15.8. The van der Waals surface area contributed by atoms with E-state index in [0.29, 0.717) is 12.1 Å². The molecule has 0 saturated heterocycles. The number of benzene rings is 1. The van der Waals surface area contributed by atoms with Crippen LogP contribution in [0.25, 0.3) is 0 Å². The molecule has 0 atom stereocenters. The van der Waals surface area contributed by atoms with E-state index < -0.39 is 0 Å². The first-order valence-corrected chi connectivity index (χ1v) is 9.82. The number of unbranched alkanes of at least 4 members (excludes halogenated alkanes) is 11. The predicted molar refractivity (Wildman–Crippen MR) is 102 cm³/mol. The van der Waals surface area contributed by atoms with Gasteiger partial charge in [0, 0.05) is 6.54 Å². The van der Waals surface area contributed by atoms with Gasteiger partial charge in [0.1, 0.15) is 5.75 Å². The second-order valence-corrected chi connectivity index (χ2v) is 6.66. The van der Waals surface area contributed by atoms with Gasteiger partial charge in [-0.2, -0.15) is 0 Å². The van der Waals surface area contributed by atoms with Crippen LogP contribution < -0.4 is 5.32 Å². The van der Waals surface area contributed by atoms with E-state index in [0.717, 1.165) is 12.8 Å². The van der Waals surface area contributed by atoms with Crippen molar-refractivity contribution in [1.29, 1.82) is 0 Å². The second kappa shape index (κ2) is 13.9. The van der Waals surface area contributed by atoms with Crippen LogP contribution in [0.4, 0.5) is 0 Å². The SMILES string of the molecule is CCCCCCCCCCCCCCNC(=O)c1ccccc1O. The number of hydrogen-bond donors (Lipinski definition) is 2. The number of aromatic hydroxyl groups is 1. The fraction of sp³-hybridized carbons (Fsp3) is 0.667. The molecule has 1 aromatic carbocycles. The summed E-state index contributed by atoms with van der Waals surface area (Å²) in [4.78, 5) is 11.9. The fourth-order valence-electron chi connectivity index (χ4n) is 2.93. The Morgan fingerprint density at radius 1 is 0.833 bits per heavy atom. The molecular formula is C21H35NO2. The van der Waals surface area contributed by atoms with Gasteiger partial charge in [-0.15, -0.1) is 0 Å². The number of nitrogens with one attached hydrogen (secondary N) is 1. The van der Waals surface area contributed by atoms with Crippen molar-refractivity contribution in [3.05, 3.63) is 29.8 Å². The summed E-state index contributed by atoms with van der Waals surface area (Å²) < 4.78 is 0. The summed E-state index contributed by atoms with van der Waals surface area (Å²) >= 11 is 0. The van der Waals surface area contributed by atoms with Gasteiger partial charge in [-0.25, -0.2) is 0 Å². The molecule has 136 valence electrons. The summed E-state index contributed by atoms with van der Waals surface area (Å²) in [5, 5.41) is 12.5. The molecule has 0 fully saturated rings. The molecule has 3 nitrogen and oxygen atoms in total. The Balaban J connectivity index is 1.89. The monoisotopic (exact) mass is 333 g/mol. The van der Waals surface area contributed by atoms with Crippen LogP contribution in [0.2, 0.25) is 0 Å². The van der Waals surface area contributed by atoms with E-state index in [9.17, 15) is 9.90 Å². The third-order valence-corrected chi connectivity index (χ3v) is 4.46. The van der Waals surface area contributed by atoms with E-state index in [2.05, 4.69) is 12.2 Å². The minimum absolute atomic E-state index is 0.0460. The van der Waals surface area contributed by atoms with Gasteiger partial charge in [0.05, 0.1) is 5.56 Å². The van der Waals surface area contributed by atoms with E-state index in [1.54, 1.807) is 24.3 Å². The predicted octanol–water partition coefficient (Wildman–Crippen LogP) is 5.82. The number of amides is 1. The van der Waals surface area contributed by atoms with Gasteiger partial charge in [-0.1, -0.05) is 89.7 Å². The first kappa shape index (κ1) is 20.5. The Morgan fingerprint density at radius 3 is 1.88 bits per heavy atom. The van der Waals surface area contributed by atoms with Crippen LogP contribution in [-0.2, 0) is 0 Å². The Bertz CT molecular complexity index is 445. The molecule has 3 heteroatoms. The Hall–Kier alpha value is -1.51. The Labute approximate surface area is 147 Å².